The molecule has 0 aliphatic heterocycles. The number of hydrogen-bond acceptors (Lipinski definition) is 4. The van der Waals surface area contributed by atoms with Crippen molar-refractivity contribution in [1.82, 2.24) is 15.6 Å². The van der Waals surface area contributed by atoms with Crippen molar-refractivity contribution in [2.45, 2.75) is 46.7 Å². The Bertz CT molecular complexity index is 401. The Morgan fingerprint density at radius 3 is 2.50 bits per heavy atom. The molecule has 1 atom stereocenters. The molecule has 1 rings (SSSR count). The molecular weight excluding hydrogens is 246 g/mol. The van der Waals surface area contributed by atoms with Crippen LogP contribution in [0.25, 0.3) is 0 Å². The largest absolute Gasteiger partial charge is 0.358 e. The van der Waals surface area contributed by atoms with Crippen LogP contribution in [-0.2, 0) is 11.3 Å². The number of likely N-dealkylation sites (N-methyl/N-ethyl adjacent to an activating group) is 1. The number of carbonyl (C=O) groups is 1. The highest BCUT2D eigenvalue weighted by Crippen LogP contribution is 2.17. The van der Waals surface area contributed by atoms with Crippen LogP contribution in [0.2, 0.25) is 0 Å². The fourth-order valence-corrected chi connectivity index (χ4v) is 2.77. The number of aromatic nitrogens is 1. The van der Waals surface area contributed by atoms with Gasteiger partial charge in [0.15, 0.2) is 0 Å². The lowest BCUT2D eigenvalue weighted by Crippen LogP contribution is -2.43. The number of rotatable bonds is 6. The van der Waals surface area contributed by atoms with Crippen LogP contribution >= 0.6 is 11.3 Å². The topological polar surface area (TPSA) is 54.0 Å². The summed E-state index contributed by atoms with van der Waals surface area (Å²) in [4.78, 5) is 17.4. The normalized spacial score (nSPS) is 12.8. The van der Waals surface area contributed by atoms with E-state index < -0.39 is 0 Å². The van der Waals surface area contributed by atoms with Gasteiger partial charge >= 0.3 is 0 Å². The molecule has 0 spiro atoms. The van der Waals surface area contributed by atoms with Gasteiger partial charge in [0.2, 0.25) is 5.91 Å². The summed E-state index contributed by atoms with van der Waals surface area (Å²) in [6, 6.07) is -0.128. The third-order valence-corrected chi connectivity index (χ3v) is 3.85. The van der Waals surface area contributed by atoms with Gasteiger partial charge in [0.1, 0.15) is 0 Å². The SMILES string of the molecule is CNC(=O)C(CC(C)C)NCc1sc(C)nc1C. The smallest absolute Gasteiger partial charge is 0.236 e. The number of amides is 1. The van der Waals surface area contributed by atoms with Gasteiger partial charge in [-0.05, 0) is 26.2 Å². The summed E-state index contributed by atoms with van der Waals surface area (Å²) in [7, 11) is 1.68. The summed E-state index contributed by atoms with van der Waals surface area (Å²) in [6.45, 7) is 8.98. The van der Waals surface area contributed by atoms with Crippen LogP contribution in [0, 0.1) is 19.8 Å². The highest BCUT2D eigenvalue weighted by atomic mass is 32.1. The minimum atomic E-state index is -0.128. The van der Waals surface area contributed by atoms with Gasteiger partial charge in [0.25, 0.3) is 0 Å². The van der Waals surface area contributed by atoms with Gasteiger partial charge in [0.05, 0.1) is 16.7 Å². The number of hydrogen-bond donors (Lipinski definition) is 2. The molecule has 0 aliphatic carbocycles. The van der Waals surface area contributed by atoms with Crippen molar-refractivity contribution in [1.29, 1.82) is 0 Å². The second-order valence-corrected chi connectivity index (χ2v) is 6.21. The third kappa shape index (κ3) is 4.38. The Morgan fingerprint density at radius 2 is 2.06 bits per heavy atom. The molecule has 4 nitrogen and oxygen atoms in total. The maximum absolute atomic E-state index is 11.8. The Hall–Kier alpha value is -0.940. The maximum atomic E-state index is 11.8. The molecule has 1 unspecified atom stereocenters. The highest BCUT2D eigenvalue weighted by molar-refractivity contribution is 7.11. The Balaban J connectivity index is 2.61. The van der Waals surface area contributed by atoms with Crippen LogP contribution in [0.3, 0.4) is 0 Å². The summed E-state index contributed by atoms with van der Waals surface area (Å²) >= 11 is 1.69. The predicted octanol–water partition coefficient (Wildman–Crippen LogP) is 2.01. The molecule has 1 aromatic rings. The number of aryl methyl sites for hydroxylation is 2. The molecule has 1 aromatic heterocycles. The molecule has 0 radical (unpaired) electrons. The molecule has 0 fully saturated rings. The third-order valence-electron chi connectivity index (χ3n) is 2.78. The molecule has 1 heterocycles. The summed E-state index contributed by atoms with van der Waals surface area (Å²) in [5.41, 5.74) is 1.06. The molecule has 5 heteroatoms. The lowest BCUT2D eigenvalue weighted by atomic mass is 10.0. The Kier molecular flexibility index (Phi) is 5.75. The van der Waals surface area contributed by atoms with Crippen LogP contribution in [0.1, 0.15) is 35.8 Å². The van der Waals surface area contributed by atoms with Crippen molar-refractivity contribution < 1.29 is 4.79 Å². The first-order valence-electron chi connectivity index (χ1n) is 6.32. The number of nitrogens with zero attached hydrogens (tertiary/aromatic N) is 1. The van der Waals surface area contributed by atoms with Crippen molar-refractivity contribution in [3.8, 4) is 0 Å². The van der Waals surface area contributed by atoms with Crippen LogP contribution < -0.4 is 10.6 Å². The van der Waals surface area contributed by atoms with E-state index in [1.54, 1.807) is 18.4 Å². The Morgan fingerprint density at radius 1 is 1.39 bits per heavy atom. The number of nitrogens with one attached hydrogen (secondary N) is 2. The maximum Gasteiger partial charge on any atom is 0.236 e. The molecule has 1 amide bonds. The van der Waals surface area contributed by atoms with Gasteiger partial charge in [-0.1, -0.05) is 13.8 Å². The van der Waals surface area contributed by atoms with Gasteiger partial charge < -0.3 is 10.6 Å². The predicted molar refractivity (Wildman–Crippen MR) is 75.7 cm³/mol. The summed E-state index contributed by atoms with van der Waals surface area (Å²) in [5, 5.41) is 7.12. The quantitative estimate of drug-likeness (QED) is 0.830. The molecule has 0 bridgehead atoms. The minimum absolute atomic E-state index is 0.0580. The second kappa shape index (κ2) is 6.85. The lowest BCUT2D eigenvalue weighted by Gasteiger charge is -2.18. The zero-order valence-electron chi connectivity index (χ0n) is 11.8. The van der Waals surface area contributed by atoms with E-state index in [-0.39, 0.29) is 11.9 Å². The highest BCUT2D eigenvalue weighted by Gasteiger charge is 2.18. The molecule has 0 saturated heterocycles. The lowest BCUT2D eigenvalue weighted by molar-refractivity contribution is -0.123. The van der Waals surface area contributed by atoms with E-state index in [4.69, 9.17) is 0 Å². The second-order valence-electron chi connectivity index (χ2n) is 4.92. The molecular formula is C13H23N3OS. The number of carbonyl (C=O) groups excluding carboxylic acids is 1. The minimum Gasteiger partial charge on any atom is -0.358 e. The van der Waals surface area contributed by atoms with Crippen LogP contribution in [0.5, 0.6) is 0 Å². The van der Waals surface area contributed by atoms with Crippen molar-refractivity contribution >= 4 is 17.2 Å². The van der Waals surface area contributed by atoms with E-state index >= 15 is 0 Å². The first-order chi connectivity index (χ1) is 8.43. The van der Waals surface area contributed by atoms with Crippen molar-refractivity contribution in [3.05, 3.63) is 15.6 Å². The Labute approximate surface area is 113 Å². The van der Waals surface area contributed by atoms with Crippen LogP contribution in [0.4, 0.5) is 0 Å². The first kappa shape index (κ1) is 15.1. The fraction of sp³-hybridized carbons (Fsp3) is 0.692. The standard InChI is InChI=1S/C13H23N3OS/c1-8(2)6-11(13(17)14-5)15-7-12-9(3)16-10(4)18-12/h8,11,15H,6-7H2,1-5H3,(H,14,17). The van der Waals surface area contributed by atoms with E-state index in [0.717, 1.165) is 17.1 Å². The zero-order chi connectivity index (χ0) is 13.7. The summed E-state index contributed by atoms with van der Waals surface area (Å²) in [5.74, 6) is 0.548. The van der Waals surface area contributed by atoms with Crippen LogP contribution in [0.15, 0.2) is 0 Å². The van der Waals surface area contributed by atoms with E-state index in [9.17, 15) is 4.79 Å². The molecule has 0 aromatic carbocycles. The van der Waals surface area contributed by atoms with Crippen molar-refractivity contribution in [2.24, 2.45) is 5.92 Å². The summed E-state index contributed by atoms with van der Waals surface area (Å²) < 4.78 is 0. The van der Waals surface area contributed by atoms with Gasteiger partial charge in [-0.2, -0.15) is 0 Å². The zero-order valence-corrected chi connectivity index (χ0v) is 12.6. The van der Waals surface area contributed by atoms with E-state index in [0.29, 0.717) is 12.5 Å². The number of thiazole rings is 1. The molecule has 0 saturated carbocycles. The van der Waals surface area contributed by atoms with Gasteiger partial charge in [0, 0.05) is 18.5 Å². The molecule has 0 aliphatic rings. The van der Waals surface area contributed by atoms with E-state index in [2.05, 4.69) is 29.5 Å². The monoisotopic (exact) mass is 269 g/mol. The molecule has 102 valence electrons. The van der Waals surface area contributed by atoms with E-state index in [1.807, 2.05) is 13.8 Å². The van der Waals surface area contributed by atoms with Crippen molar-refractivity contribution in [3.63, 3.8) is 0 Å². The summed E-state index contributed by atoms with van der Waals surface area (Å²) in [6.07, 6.45) is 0.844. The van der Waals surface area contributed by atoms with E-state index in [1.165, 1.54) is 4.88 Å². The average molecular weight is 269 g/mol. The molecule has 2 N–H and O–H groups in total. The van der Waals surface area contributed by atoms with Crippen LogP contribution in [-0.4, -0.2) is 24.0 Å². The van der Waals surface area contributed by atoms with Gasteiger partial charge in [-0.25, -0.2) is 4.98 Å². The van der Waals surface area contributed by atoms with Gasteiger partial charge in [-0.15, -0.1) is 11.3 Å². The molecule has 18 heavy (non-hydrogen) atoms. The van der Waals surface area contributed by atoms with Gasteiger partial charge in [-0.3, -0.25) is 4.79 Å². The van der Waals surface area contributed by atoms with Crippen molar-refractivity contribution in [2.75, 3.05) is 7.05 Å². The average Bonchev–Trinajstić information content (AvgIpc) is 2.61. The fourth-order valence-electron chi connectivity index (χ4n) is 1.88. The first-order valence-corrected chi connectivity index (χ1v) is 7.13.